The molecule has 1 saturated carbocycles. The van der Waals surface area contributed by atoms with Gasteiger partial charge in [-0.05, 0) is 37.0 Å². The van der Waals surface area contributed by atoms with Gasteiger partial charge in [0.25, 0.3) is 0 Å². The molecule has 1 aromatic heterocycles. The monoisotopic (exact) mass is 240 g/mol. The predicted molar refractivity (Wildman–Crippen MR) is 74.6 cm³/mol. The molecule has 0 radical (unpaired) electrons. The maximum Gasteiger partial charge on any atom is 0.0470 e. The first-order chi connectivity index (χ1) is 8.79. The van der Waals surface area contributed by atoms with Gasteiger partial charge in [0.2, 0.25) is 0 Å². The number of hydrogen-bond acceptors (Lipinski definition) is 1. The summed E-state index contributed by atoms with van der Waals surface area (Å²) in [6, 6.07) is 11.8. The third kappa shape index (κ3) is 3.02. The normalized spacial score (nSPS) is 14.9. The van der Waals surface area contributed by atoms with E-state index in [4.69, 9.17) is 0 Å². The lowest BCUT2D eigenvalue weighted by molar-refractivity contribution is 0.685. The standard InChI is InChI=1S/C16H20N2/c1-13-2-4-14(5-3-13)11-18-9-8-15(12-18)10-17-16-6-7-16/h2-5,8-9,12,16-17H,6-7,10-11H2,1H3. The van der Waals surface area contributed by atoms with Crippen LogP contribution in [0.1, 0.15) is 29.5 Å². The Balaban J connectivity index is 1.60. The molecule has 3 rings (SSSR count). The van der Waals surface area contributed by atoms with Crippen LogP contribution < -0.4 is 5.32 Å². The zero-order valence-corrected chi connectivity index (χ0v) is 10.9. The summed E-state index contributed by atoms with van der Waals surface area (Å²) in [6.45, 7) is 4.09. The predicted octanol–water partition coefficient (Wildman–Crippen LogP) is 3.10. The van der Waals surface area contributed by atoms with E-state index < -0.39 is 0 Å². The van der Waals surface area contributed by atoms with E-state index in [0.29, 0.717) is 0 Å². The van der Waals surface area contributed by atoms with Crippen LogP contribution in [0.15, 0.2) is 42.7 Å². The third-order valence-electron chi connectivity index (χ3n) is 3.47. The molecule has 0 bridgehead atoms. The molecule has 1 heterocycles. The SMILES string of the molecule is Cc1ccc(Cn2ccc(CNC3CC3)c2)cc1. The molecular formula is C16H20N2. The van der Waals surface area contributed by atoms with Gasteiger partial charge in [-0.1, -0.05) is 29.8 Å². The lowest BCUT2D eigenvalue weighted by atomic mass is 10.1. The van der Waals surface area contributed by atoms with Crippen LogP contribution in [-0.4, -0.2) is 10.6 Å². The van der Waals surface area contributed by atoms with E-state index in [1.807, 2.05) is 0 Å². The van der Waals surface area contributed by atoms with Crippen molar-refractivity contribution in [1.82, 2.24) is 9.88 Å². The summed E-state index contributed by atoms with van der Waals surface area (Å²) in [5.41, 5.74) is 4.06. The maximum absolute atomic E-state index is 3.54. The summed E-state index contributed by atoms with van der Waals surface area (Å²) in [4.78, 5) is 0. The van der Waals surface area contributed by atoms with Crippen LogP contribution >= 0.6 is 0 Å². The zero-order valence-electron chi connectivity index (χ0n) is 10.9. The van der Waals surface area contributed by atoms with Crippen molar-refractivity contribution < 1.29 is 0 Å². The zero-order chi connectivity index (χ0) is 12.4. The number of nitrogens with one attached hydrogen (secondary N) is 1. The van der Waals surface area contributed by atoms with Gasteiger partial charge in [0.05, 0.1) is 0 Å². The molecule has 2 heteroatoms. The first kappa shape index (κ1) is 11.5. The molecule has 0 unspecified atom stereocenters. The molecule has 2 aromatic rings. The summed E-state index contributed by atoms with van der Waals surface area (Å²) in [7, 11) is 0. The Hall–Kier alpha value is -1.54. The Morgan fingerprint density at radius 1 is 1.11 bits per heavy atom. The van der Waals surface area contributed by atoms with Gasteiger partial charge in [-0.15, -0.1) is 0 Å². The van der Waals surface area contributed by atoms with Gasteiger partial charge in [-0.25, -0.2) is 0 Å². The largest absolute Gasteiger partial charge is 0.350 e. The number of aromatic nitrogens is 1. The van der Waals surface area contributed by atoms with Crippen LogP contribution in [0.25, 0.3) is 0 Å². The van der Waals surface area contributed by atoms with Crippen LogP contribution in [0.3, 0.4) is 0 Å². The average molecular weight is 240 g/mol. The van der Waals surface area contributed by atoms with E-state index >= 15 is 0 Å². The highest BCUT2D eigenvalue weighted by atomic mass is 15.0. The minimum Gasteiger partial charge on any atom is -0.350 e. The fourth-order valence-corrected chi connectivity index (χ4v) is 2.15. The minimum absolute atomic E-state index is 0.783. The van der Waals surface area contributed by atoms with Gasteiger partial charge < -0.3 is 9.88 Å². The topological polar surface area (TPSA) is 17.0 Å². The Kier molecular flexibility index (Phi) is 3.20. The average Bonchev–Trinajstić information content (AvgIpc) is 3.10. The molecule has 1 fully saturated rings. The van der Waals surface area contributed by atoms with E-state index in [0.717, 1.165) is 19.1 Å². The molecule has 0 saturated heterocycles. The number of nitrogens with zero attached hydrogens (tertiary/aromatic N) is 1. The van der Waals surface area contributed by atoms with E-state index in [9.17, 15) is 0 Å². The second-order valence-corrected chi connectivity index (χ2v) is 5.33. The lowest BCUT2D eigenvalue weighted by Gasteiger charge is -2.04. The van der Waals surface area contributed by atoms with Crippen molar-refractivity contribution in [2.45, 2.75) is 38.9 Å². The molecule has 0 atom stereocenters. The lowest BCUT2D eigenvalue weighted by Crippen LogP contribution is -2.14. The summed E-state index contributed by atoms with van der Waals surface area (Å²) >= 11 is 0. The first-order valence-electron chi connectivity index (χ1n) is 6.73. The fourth-order valence-electron chi connectivity index (χ4n) is 2.15. The van der Waals surface area contributed by atoms with E-state index in [1.165, 1.54) is 29.5 Å². The van der Waals surface area contributed by atoms with Crippen molar-refractivity contribution >= 4 is 0 Å². The van der Waals surface area contributed by atoms with Crippen molar-refractivity contribution in [3.8, 4) is 0 Å². The molecule has 0 spiro atoms. The number of rotatable bonds is 5. The summed E-state index contributed by atoms with van der Waals surface area (Å²) in [6.07, 6.45) is 7.12. The highest BCUT2D eigenvalue weighted by molar-refractivity contribution is 5.22. The van der Waals surface area contributed by atoms with Gasteiger partial charge in [0.15, 0.2) is 0 Å². The molecule has 2 nitrogen and oxygen atoms in total. The van der Waals surface area contributed by atoms with Gasteiger partial charge >= 0.3 is 0 Å². The molecule has 18 heavy (non-hydrogen) atoms. The molecular weight excluding hydrogens is 220 g/mol. The third-order valence-corrected chi connectivity index (χ3v) is 3.47. The van der Waals surface area contributed by atoms with Crippen LogP contribution in [0.4, 0.5) is 0 Å². The Morgan fingerprint density at radius 3 is 2.61 bits per heavy atom. The smallest absolute Gasteiger partial charge is 0.0470 e. The first-order valence-corrected chi connectivity index (χ1v) is 6.73. The number of hydrogen-bond donors (Lipinski definition) is 1. The Bertz CT molecular complexity index is 506. The van der Waals surface area contributed by atoms with Gasteiger partial charge in [0, 0.05) is 31.5 Å². The van der Waals surface area contributed by atoms with Crippen LogP contribution in [-0.2, 0) is 13.1 Å². The van der Waals surface area contributed by atoms with Gasteiger partial charge in [0.1, 0.15) is 0 Å². The molecule has 1 aliphatic carbocycles. The molecule has 94 valence electrons. The van der Waals surface area contributed by atoms with Crippen LogP contribution in [0, 0.1) is 6.92 Å². The molecule has 1 aliphatic rings. The van der Waals surface area contributed by atoms with E-state index in [1.54, 1.807) is 0 Å². The Morgan fingerprint density at radius 2 is 1.89 bits per heavy atom. The van der Waals surface area contributed by atoms with Crippen LogP contribution in [0.5, 0.6) is 0 Å². The van der Waals surface area contributed by atoms with Gasteiger partial charge in [-0.2, -0.15) is 0 Å². The van der Waals surface area contributed by atoms with E-state index in [-0.39, 0.29) is 0 Å². The highest BCUT2D eigenvalue weighted by Gasteiger charge is 2.19. The maximum atomic E-state index is 3.54. The molecule has 1 aromatic carbocycles. The van der Waals surface area contributed by atoms with Crippen molar-refractivity contribution in [1.29, 1.82) is 0 Å². The molecule has 1 N–H and O–H groups in total. The fraction of sp³-hybridized carbons (Fsp3) is 0.375. The molecule has 0 aliphatic heterocycles. The van der Waals surface area contributed by atoms with Crippen molar-refractivity contribution in [3.05, 3.63) is 59.4 Å². The summed E-state index contributed by atoms with van der Waals surface area (Å²) in [5.74, 6) is 0. The van der Waals surface area contributed by atoms with Crippen molar-refractivity contribution in [3.63, 3.8) is 0 Å². The highest BCUT2D eigenvalue weighted by Crippen LogP contribution is 2.19. The van der Waals surface area contributed by atoms with Crippen molar-refractivity contribution in [2.75, 3.05) is 0 Å². The number of aryl methyl sites for hydroxylation is 1. The minimum atomic E-state index is 0.783. The second-order valence-electron chi connectivity index (χ2n) is 5.33. The van der Waals surface area contributed by atoms with Crippen molar-refractivity contribution in [2.24, 2.45) is 0 Å². The summed E-state index contributed by atoms with van der Waals surface area (Å²) < 4.78 is 2.26. The summed E-state index contributed by atoms with van der Waals surface area (Å²) in [5, 5.41) is 3.54. The van der Waals surface area contributed by atoms with Gasteiger partial charge in [-0.3, -0.25) is 0 Å². The quantitative estimate of drug-likeness (QED) is 0.849. The number of benzene rings is 1. The van der Waals surface area contributed by atoms with Crippen LogP contribution in [0.2, 0.25) is 0 Å². The van der Waals surface area contributed by atoms with E-state index in [2.05, 4.69) is 59.5 Å². The Labute approximate surface area is 109 Å². The molecule has 0 amide bonds. The second kappa shape index (κ2) is 4.99.